The van der Waals surface area contributed by atoms with Gasteiger partial charge in [0.1, 0.15) is 16.6 Å². The van der Waals surface area contributed by atoms with E-state index in [0.29, 0.717) is 23.3 Å². The maximum absolute atomic E-state index is 13.0. The average molecular weight is 425 g/mol. The normalized spacial score (nSPS) is 16.9. The number of nitrogens with one attached hydrogen (secondary N) is 1. The van der Waals surface area contributed by atoms with Gasteiger partial charge in [0.05, 0.1) is 17.4 Å². The first-order valence-corrected chi connectivity index (χ1v) is 10.7. The van der Waals surface area contributed by atoms with Crippen LogP contribution in [-0.2, 0) is 11.8 Å². The first kappa shape index (κ1) is 20.1. The Morgan fingerprint density at radius 1 is 1.27 bits per heavy atom. The van der Waals surface area contributed by atoms with Crippen LogP contribution in [0.5, 0.6) is 0 Å². The second-order valence-electron chi connectivity index (χ2n) is 7.23. The number of carbonyl (C=O) groups excluding carboxylic acids is 1. The summed E-state index contributed by atoms with van der Waals surface area (Å²) in [7, 11) is 1.85. The Morgan fingerprint density at radius 2 is 2.13 bits per heavy atom. The summed E-state index contributed by atoms with van der Waals surface area (Å²) in [5, 5.41) is 17.0. The van der Waals surface area contributed by atoms with Crippen molar-refractivity contribution in [1.82, 2.24) is 34.8 Å². The van der Waals surface area contributed by atoms with E-state index in [0.717, 1.165) is 35.7 Å². The highest BCUT2D eigenvalue weighted by Crippen LogP contribution is 2.31. The molecule has 0 spiro atoms. The molecule has 0 saturated carbocycles. The molecular formula is C20H24N8OS. The monoisotopic (exact) mass is 424 g/mol. The standard InChI is InChI=1S/C20H24N8OS/c1-13-22-16(12-18(23-13)24-20-26-25-14(2)30-20)17-6-4-5-11-28(17)19(29)8-7-15-9-10-21-27(15)3/h7-10,12,17H,4-6,11H2,1-3H3,(H,22,23,24,26)/b8-7+/t17-/m0/s1. The fraction of sp³-hybridized carbons (Fsp3) is 0.400. The van der Waals surface area contributed by atoms with Gasteiger partial charge < -0.3 is 10.2 Å². The van der Waals surface area contributed by atoms with E-state index in [9.17, 15) is 4.79 Å². The van der Waals surface area contributed by atoms with E-state index in [-0.39, 0.29) is 11.9 Å². The zero-order valence-electron chi connectivity index (χ0n) is 17.2. The number of aryl methyl sites for hydroxylation is 3. The lowest BCUT2D eigenvalue weighted by Gasteiger charge is -2.35. The van der Waals surface area contributed by atoms with E-state index in [1.54, 1.807) is 23.0 Å². The minimum absolute atomic E-state index is 0.0218. The molecule has 9 nitrogen and oxygen atoms in total. The number of anilines is 2. The van der Waals surface area contributed by atoms with Crippen molar-refractivity contribution in [2.45, 2.75) is 39.2 Å². The number of carbonyl (C=O) groups is 1. The van der Waals surface area contributed by atoms with Gasteiger partial charge in [0.25, 0.3) is 0 Å². The SMILES string of the molecule is Cc1nc(Nc2nnc(C)s2)cc([C@@H]2CCCCN2C(=O)/C=C/c2ccnn2C)n1. The second-order valence-corrected chi connectivity index (χ2v) is 8.41. The van der Waals surface area contributed by atoms with E-state index in [2.05, 4.69) is 30.6 Å². The maximum atomic E-state index is 13.0. The van der Waals surface area contributed by atoms with Crippen LogP contribution in [-0.4, -0.2) is 47.3 Å². The Kier molecular flexibility index (Phi) is 5.84. The fourth-order valence-electron chi connectivity index (χ4n) is 3.59. The van der Waals surface area contributed by atoms with Crippen LogP contribution in [0.25, 0.3) is 6.08 Å². The number of hydrogen-bond donors (Lipinski definition) is 1. The molecule has 1 aliphatic heterocycles. The van der Waals surface area contributed by atoms with Crippen molar-refractivity contribution in [1.29, 1.82) is 0 Å². The average Bonchev–Trinajstić information content (AvgIpc) is 3.33. The highest BCUT2D eigenvalue weighted by molar-refractivity contribution is 7.15. The second kappa shape index (κ2) is 8.70. The number of nitrogens with zero attached hydrogens (tertiary/aromatic N) is 7. The summed E-state index contributed by atoms with van der Waals surface area (Å²) in [4.78, 5) is 24.0. The van der Waals surface area contributed by atoms with Crippen LogP contribution in [0, 0.1) is 13.8 Å². The van der Waals surface area contributed by atoms with Crippen molar-refractivity contribution >= 4 is 34.3 Å². The van der Waals surface area contributed by atoms with Crippen LogP contribution in [0.4, 0.5) is 10.9 Å². The minimum Gasteiger partial charge on any atom is -0.331 e. The maximum Gasteiger partial charge on any atom is 0.247 e. The van der Waals surface area contributed by atoms with Gasteiger partial charge in [-0.05, 0) is 45.3 Å². The number of hydrogen-bond acceptors (Lipinski definition) is 8. The molecule has 0 aromatic carbocycles. The van der Waals surface area contributed by atoms with Gasteiger partial charge in [-0.1, -0.05) is 11.3 Å². The Bertz CT molecular complexity index is 1070. The fourth-order valence-corrected chi connectivity index (χ4v) is 4.18. The summed E-state index contributed by atoms with van der Waals surface area (Å²) >= 11 is 1.47. The Labute approximate surface area is 178 Å². The number of aromatic nitrogens is 6. The first-order valence-electron chi connectivity index (χ1n) is 9.89. The van der Waals surface area contributed by atoms with E-state index >= 15 is 0 Å². The third-order valence-electron chi connectivity index (χ3n) is 5.00. The Balaban J connectivity index is 1.56. The van der Waals surface area contributed by atoms with Crippen molar-refractivity contribution in [3.63, 3.8) is 0 Å². The van der Waals surface area contributed by atoms with Gasteiger partial charge in [0.2, 0.25) is 11.0 Å². The molecule has 0 aliphatic carbocycles. The highest BCUT2D eigenvalue weighted by atomic mass is 32.1. The van der Waals surface area contributed by atoms with Gasteiger partial charge in [-0.15, -0.1) is 10.2 Å². The first-order chi connectivity index (χ1) is 14.5. The molecule has 1 saturated heterocycles. The summed E-state index contributed by atoms with van der Waals surface area (Å²) < 4.78 is 1.73. The number of likely N-dealkylation sites (tertiary alicyclic amines) is 1. The number of rotatable bonds is 5. The molecule has 1 N–H and O–H groups in total. The minimum atomic E-state index is -0.0826. The van der Waals surface area contributed by atoms with Crippen molar-refractivity contribution < 1.29 is 4.79 Å². The summed E-state index contributed by atoms with van der Waals surface area (Å²) in [6, 6.07) is 3.70. The summed E-state index contributed by atoms with van der Waals surface area (Å²) in [5.74, 6) is 1.29. The van der Waals surface area contributed by atoms with Gasteiger partial charge >= 0.3 is 0 Å². The molecule has 3 aromatic rings. The van der Waals surface area contributed by atoms with E-state index in [1.807, 2.05) is 37.9 Å². The third kappa shape index (κ3) is 4.54. The van der Waals surface area contributed by atoms with Crippen LogP contribution in [0.2, 0.25) is 0 Å². The van der Waals surface area contributed by atoms with Gasteiger partial charge in [-0.25, -0.2) is 9.97 Å². The van der Waals surface area contributed by atoms with Crippen LogP contribution in [0.1, 0.15) is 47.5 Å². The molecule has 156 valence electrons. The van der Waals surface area contributed by atoms with Gasteiger partial charge in [-0.2, -0.15) is 5.10 Å². The lowest BCUT2D eigenvalue weighted by molar-refractivity contribution is -0.129. The Hall–Kier alpha value is -3.14. The molecule has 3 aromatic heterocycles. The number of piperidine rings is 1. The largest absolute Gasteiger partial charge is 0.331 e. The van der Waals surface area contributed by atoms with Crippen LogP contribution < -0.4 is 5.32 Å². The van der Waals surface area contributed by atoms with Crippen LogP contribution in [0.3, 0.4) is 0 Å². The zero-order valence-corrected chi connectivity index (χ0v) is 18.1. The molecule has 0 unspecified atom stereocenters. The lowest BCUT2D eigenvalue weighted by atomic mass is 9.98. The highest BCUT2D eigenvalue weighted by Gasteiger charge is 2.28. The van der Waals surface area contributed by atoms with E-state index in [4.69, 9.17) is 0 Å². The van der Waals surface area contributed by atoms with Gasteiger partial charge in [0, 0.05) is 31.9 Å². The molecular weight excluding hydrogens is 400 g/mol. The van der Waals surface area contributed by atoms with Gasteiger partial charge in [0.15, 0.2) is 0 Å². The predicted molar refractivity (Wildman–Crippen MR) is 115 cm³/mol. The molecule has 1 atom stereocenters. The van der Waals surface area contributed by atoms with Crippen molar-refractivity contribution in [3.05, 3.63) is 46.6 Å². The molecule has 4 heterocycles. The topological polar surface area (TPSA) is 102 Å². The molecule has 1 amide bonds. The van der Waals surface area contributed by atoms with Crippen LogP contribution >= 0.6 is 11.3 Å². The third-order valence-corrected chi connectivity index (χ3v) is 5.76. The van der Waals surface area contributed by atoms with Crippen LogP contribution in [0.15, 0.2) is 24.4 Å². The Morgan fingerprint density at radius 3 is 2.87 bits per heavy atom. The molecule has 0 bridgehead atoms. The molecule has 1 fully saturated rings. The zero-order chi connectivity index (χ0) is 21.1. The number of amides is 1. The molecule has 10 heteroatoms. The molecule has 4 rings (SSSR count). The van der Waals surface area contributed by atoms with Gasteiger partial charge in [-0.3, -0.25) is 9.48 Å². The molecule has 30 heavy (non-hydrogen) atoms. The molecule has 1 aliphatic rings. The van der Waals surface area contributed by atoms with Crippen molar-refractivity contribution in [3.8, 4) is 0 Å². The predicted octanol–water partition coefficient (Wildman–Crippen LogP) is 3.19. The smallest absolute Gasteiger partial charge is 0.247 e. The quantitative estimate of drug-likeness (QED) is 0.628. The lowest BCUT2D eigenvalue weighted by Crippen LogP contribution is -2.38. The summed E-state index contributed by atoms with van der Waals surface area (Å²) in [6.45, 7) is 4.47. The van der Waals surface area contributed by atoms with E-state index in [1.165, 1.54) is 11.3 Å². The van der Waals surface area contributed by atoms with Crippen molar-refractivity contribution in [2.24, 2.45) is 7.05 Å². The summed E-state index contributed by atoms with van der Waals surface area (Å²) in [6.07, 6.45) is 8.05. The summed E-state index contributed by atoms with van der Waals surface area (Å²) in [5.41, 5.74) is 1.72. The van der Waals surface area contributed by atoms with Crippen molar-refractivity contribution in [2.75, 3.05) is 11.9 Å². The molecule has 0 radical (unpaired) electrons. The van der Waals surface area contributed by atoms with E-state index < -0.39 is 0 Å².